The fourth-order valence-corrected chi connectivity index (χ4v) is 3.14. The first kappa shape index (κ1) is 23.0. The van der Waals surface area contributed by atoms with E-state index in [2.05, 4.69) is 4.98 Å². The third-order valence-corrected chi connectivity index (χ3v) is 4.70. The number of aromatic amines is 1. The summed E-state index contributed by atoms with van der Waals surface area (Å²) >= 11 is 0. The Morgan fingerprint density at radius 1 is 1.40 bits per heavy atom. The van der Waals surface area contributed by atoms with Gasteiger partial charge in [0.25, 0.3) is 5.56 Å². The van der Waals surface area contributed by atoms with Crippen LogP contribution in [0.5, 0.6) is 0 Å². The smallest absolute Gasteiger partial charge is 0.352 e. The van der Waals surface area contributed by atoms with Crippen LogP contribution in [0.4, 0.5) is 0 Å². The first-order valence-electron chi connectivity index (χ1n) is 7.92. The maximum atomic E-state index is 11.8. The van der Waals surface area contributed by atoms with Crippen molar-refractivity contribution in [1.29, 1.82) is 0 Å². The average Bonchev–Trinajstić information content (AvgIpc) is 2.98. The average molecular weight is 402 g/mol. The molecule has 1 aliphatic rings. The van der Waals surface area contributed by atoms with Crippen molar-refractivity contribution in [3.63, 3.8) is 0 Å². The van der Waals surface area contributed by atoms with Crippen LogP contribution in [0.25, 0.3) is 0 Å². The Balaban J connectivity index is 0.00000312. The molecule has 2 radical (unpaired) electrons. The summed E-state index contributed by atoms with van der Waals surface area (Å²) in [6, 6.07) is 0. The van der Waals surface area contributed by atoms with Crippen molar-refractivity contribution in [3.05, 3.63) is 32.6 Å². The van der Waals surface area contributed by atoms with E-state index in [1.54, 1.807) is 6.92 Å². The molecule has 0 bridgehead atoms. The molecule has 0 spiro atoms. The van der Waals surface area contributed by atoms with Crippen molar-refractivity contribution in [2.45, 2.75) is 51.9 Å². The first-order chi connectivity index (χ1) is 11.3. The number of rotatable bonds is 8. The standard InChI is InChI=1S/C14H23N2O7P.Ca/c1-3-4-7-21-24(19,20)22-9-11-5-6-12(23-11)16-8-10(2)13(17)15-14(16)18;/h8,11-12H,3-7,9H2,1-2H3,(H,19,20)(H,15,17,18);/t11-,12-;/m1./s1. The SMILES string of the molecule is CCCCOP(=O)(O)OC[C@H]1CC[C@H](n2cc(C)c(=O)[nH]c2=O)O1.[Ca]. The van der Waals surface area contributed by atoms with E-state index in [4.69, 9.17) is 13.8 Å². The number of phosphoric acid groups is 1. The van der Waals surface area contributed by atoms with Gasteiger partial charge in [-0.15, -0.1) is 0 Å². The number of aryl methyl sites for hydroxylation is 1. The molecule has 2 rings (SSSR count). The Morgan fingerprint density at radius 3 is 2.80 bits per heavy atom. The molecule has 0 aliphatic carbocycles. The zero-order valence-electron chi connectivity index (χ0n) is 14.5. The molecule has 3 atom stereocenters. The van der Waals surface area contributed by atoms with Crippen LogP contribution >= 0.6 is 7.82 Å². The number of hydrogen-bond donors (Lipinski definition) is 2. The second-order valence-corrected chi connectivity index (χ2v) is 7.17. The molecule has 1 unspecified atom stereocenters. The molecular formula is C14H23CaN2O7P. The molecule has 2 N–H and O–H groups in total. The normalized spacial score (nSPS) is 22.4. The summed E-state index contributed by atoms with van der Waals surface area (Å²) in [5, 5.41) is 0. The third kappa shape index (κ3) is 6.92. The molecule has 0 saturated carbocycles. The van der Waals surface area contributed by atoms with E-state index < -0.39 is 31.4 Å². The molecular weight excluding hydrogens is 379 g/mol. The Kier molecular flexibility index (Phi) is 9.56. The van der Waals surface area contributed by atoms with Crippen LogP contribution < -0.4 is 11.2 Å². The Hall–Kier alpha value is 0.00974. The minimum absolute atomic E-state index is 0. The van der Waals surface area contributed by atoms with Gasteiger partial charge in [0.15, 0.2) is 0 Å². The van der Waals surface area contributed by atoms with Gasteiger partial charge in [-0.25, -0.2) is 9.36 Å². The summed E-state index contributed by atoms with van der Waals surface area (Å²) in [5.74, 6) is 0. The van der Waals surface area contributed by atoms with E-state index in [1.165, 1.54) is 10.8 Å². The third-order valence-electron chi connectivity index (χ3n) is 3.72. The van der Waals surface area contributed by atoms with Gasteiger partial charge < -0.3 is 9.63 Å². The summed E-state index contributed by atoms with van der Waals surface area (Å²) in [6.45, 7) is 3.59. The molecule has 1 aromatic rings. The number of nitrogens with zero attached hydrogens (tertiary/aromatic N) is 1. The molecule has 2 heterocycles. The molecule has 1 aromatic heterocycles. The van der Waals surface area contributed by atoms with Gasteiger partial charge in [-0.05, 0) is 26.2 Å². The summed E-state index contributed by atoms with van der Waals surface area (Å²) in [5.41, 5.74) is -0.574. The molecule has 0 amide bonds. The topological polar surface area (TPSA) is 120 Å². The van der Waals surface area contributed by atoms with Crippen LogP contribution in [-0.4, -0.2) is 71.5 Å². The molecule has 0 aromatic carbocycles. The maximum Gasteiger partial charge on any atom is 0.472 e. The quantitative estimate of drug-likeness (QED) is 0.379. The molecule has 1 saturated heterocycles. The largest absolute Gasteiger partial charge is 0.472 e. The number of H-pyrrole nitrogens is 1. The number of nitrogens with one attached hydrogen (secondary N) is 1. The van der Waals surface area contributed by atoms with Crippen LogP contribution in [0.1, 0.15) is 44.4 Å². The van der Waals surface area contributed by atoms with E-state index in [1.807, 2.05) is 6.92 Å². The zero-order chi connectivity index (χ0) is 17.7. The summed E-state index contributed by atoms with van der Waals surface area (Å²) in [7, 11) is -4.09. The van der Waals surface area contributed by atoms with Gasteiger partial charge in [0.1, 0.15) is 6.23 Å². The number of phosphoric ester groups is 1. The van der Waals surface area contributed by atoms with Crippen molar-refractivity contribution in [1.82, 2.24) is 9.55 Å². The monoisotopic (exact) mass is 402 g/mol. The molecule has 9 nitrogen and oxygen atoms in total. The van der Waals surface area contributed by atoms with Gasteiger partial charge >= 0.3 is 13.5 Å². The van der Waals surface area contributed by atoms with Crippen LogP contribution in [0, 0.1) is 6.92 Å². The van der Waals surface area contributed by atoms with E-state index >= 15 is 0 Å². The first-order valence-corrected chi connectivity index (χ1v) is 9.41. The van der Waals surface area contributed by atoms with Crippen LogP contribution in [0.2, 0.25) is 0 Å². The minimum Gasteiger partial charge on any atom is -0.352 e. The van der Waals surface area contributed by atoms with Crippen molar-refractivity contribution in [2.24, 2.45) is 0 Å². The van der Waals surface area contributed by atoms with Gasteiger partial charge in [-0.1, -0.05) is 13.3 Å². The summed E-state index contributed by atoms with van der Waals surface area (Å²) in [4.78, 5) is 35.0. The molecule has 138 valence electrons. The van der Waals surface area contributed by atoms with Crippen molar-refractivity contribution in [3.8, 4) is 0 Å². The second kappa shape index (κ2) is 10.4. The van der Waals surface area contributed by atoms with Gasteiger partial charge in [0, 0.05) is 49.5 Å². The fraction of sp³-hybridized carbons (Fsp3) is 0.714. The number of ether oxygens (including phenoxy) is 1. The van der Waals surface area contributed by atoms with Gasteiger partial charge in [-0.2, -0.15) is 0 Å². The van der Waals surface area contributed by atoms with E-state index in [-0.39, 0.29) is 51.0 Å². The van der Waals surface area contributed by atoms with E-state index in [9.17, 15) is 19.0 Å². The molecule has 1 fully saturated rings. The van der Waals surface area contributed by atoms with E-state index in [0.717, 1.165) is 6.42 Å². The minimum atomic E-state index is -4.09. The van der Waals surface area contributed by atoms with Crippen LogP contribution in [0.15, 0.2) is 15.8 Å². The van der Waals surface area contributed by atoms with E-state index in [0.29, 0.717) is 24.8 Å². The van der Waals surface area contributed by atoms with Crippen molar-refractivity contribution >= 4 is 45.6 Å². The fourth-order valence-electron chi connectivity index (χ4n) is 2.35. The van der Waals surface area contributed by atoms with Crippen LogP contribution in [0.3, 0.4) is 0 Å². The Morgan fingerprint density at radius 2 is 2.12 bits per heavy atom. The predicted molar refractivity (Wildman–Crippen MR) is 91.6 cm³/mol. The zero-order valence-corrected chi connectivity index (χ0v) is 17.6. The van der Waals surface area contributed by atoms with Gasteiger partial charge in [-0.3, -0.25) is 23.4 Å². The molecule has 25 heavy (non-hydrogen) atoms. The predicted octanol–water partition coefficient (Wildman–Crippen LogP) is 1.08. The Labute approximate surface area is 175 Å². The van der Waals surface area contributed by atoms with Crippen molar-refractivity contribution < 1.29 is 23.2 Å². The van der Waals surface area contributed by atoms with Crippen LogP contribution in [-0.2, 0) is 18.3 Å². The van der Waals surface area contributed by atoms with Gasteiger partial charge in [0.05, 0.1) is 19.3 Å². The van der Waals surface area contributed by atoms with Gasteiger partial charge in [0.2, 0.25) is 0 Å². The summed E-state index contributed by atoms with van der Waals surface area (Å²) in [6.07, 6.45) is 3.09. The molecule has 11 heteroatoms. The number of hydrogen-bond acceptors (Lipinski definition) is 6. The summed E-state index contributed by atoms with van der Waals surface area (Å²) < 4.78 is 28.4. The Bertz CT molecular complexity index is 720. The number of unbranched alkanes of at least 4 members (excludes halogenated alkanes) is 1. The van der Waals surface area contributed by atoms with Crippen molar-refractivity contribution in [2.75, 3.05) is 13.2 Å². The molecule has 1 aliphatic heterocycles. The second-order valence-electron chi connectivity index (χ2n) is 5.72. The maximum absolute atomic E-state index is 11.8. The number of aromatic nitrogens is 2.